The molecule has 0 aliphatic heterocycles. The Labute approximate surface area is 74.5 Å². The van der Waals surface area contributed by atoms with Crippen molar-refractivity contribution in [1.29, 1.82) is 0 Å². The molecule has 1 unspecified atom stereocenters. The highest BCUT2D eigenvalue weighted by Gasteiger charge is 2.39. The van der Waals surface area contributed by atoms with E-state index < -0.39 is 18.1 Å². The summed E-state index contributed by atoms with van der Waals surface area (Å²) in [7, 11) is 0. The maximum absolute atomic E-state index is 11.7. The van der Waals surface area contributed by atoms with Crippen molar-refractivity contribution in [2.75, 3.05) is 6.54 Å². The van der Waals surface area contributed by atoms with Crippen LogP contribution in [0, 0.1) is 0 Å². The van der Waals surface area contributed by atoms with Gasteiger partial charge < -0.3 is 11.1 Å². The largest absolute Gasteiger partial charge is 0.471 e. The summed E-state index contributed by atoms with van der Waals surface area (Å²) in [4.78, 5) is 10.4. The van der Waals surface area contributed by atoms with Gasteiger partial charge in [0.15, 0.2) is 0 Å². The highest BCUT2D eigenvalue weighted by atomic mass is 19.4. The summed E-state index contributed by atoms with van der Waals surface area (Å²) in [6.07, 6.45) is -3.68. The Bertz CT molecular complexity index is 170. The Morgan fingerprint density at radius 2 is 2.08 bits per heavy atom. The molecule has 0 rings (SSSR count). The lowest BCUT2D eigenvalue weighted by atomic mass is 10.1. The first-order chi connectivity index (χ1) is 5.91. The van der Waals surface area contributed by atoms with Crippen LogP contribution < -0.4 is 11.1 Å². The lowest BCUT2D eigenvalue weighted by Crippen LogP contribution is -2.46. The molecule has 0 heterocycles. The molecule has 0 saturated carbocycles. The standard InChI is InChI=1S/C7H13F3N2O/c1-2-3-5(4-11)12-6(13)7(8,9)10/h5H,2-4,11H2,1H3,(H,12,13). The van der Waals surface area contributed by atoms with Gasteiger partial charge in [0.1, 0.15) is 0 Å². The first-order valence-electron chi connectivity index (χ1n) is 3.99. The molecular formula is C7H13F3N2O. The molecule has 13 heavy (non-hydrogen) atoms. The Hall–Kier alpha value is -0.780. The van der Waals surface area contributed by atoms with Crippen molar-refractivity contribution in [3.63, 3.8) is 0 Å². The van der Waals surface area contributed by atoms with E-state index in [1.807, 2.05) is 12.2 Å². The van der Waals surface area contributed by atoms with Crippen molar-refractivity contribution in [3.8, 4) is 0 Å². The molecule has 1 atom stereocenters. The normalized spacial score (nSPS) is 13.9. The van der Waals surface area contributed by atoms with Crippen molar-refractivity contribution in [1.82, 2.24) is 5.32 Å². The van der Waals surface area contributed by atoms with Crippen LogP contribution in [0.3, 0.4) is 0 Å². The molecule has 0 aromatic rings. The third kappa shape index (κ3) is 4.72. The Kier molecular flexibility index (Phi) is 4.76. The highest BCUT2D eigenvalue weighted by Crippen LogP contribution is 2.14. The van der Waals surface area contributed by atoms with E-state index in [1.54, 1.807) is 0 Å². The molecule has 1 amide bonds. The van der Waals surface area contributed by atoms with E-state index in [0.717, 1.165) is 0 Å². The molecule has 0 spiro atoms. The van der Waals surface area contributed by atoms with E-state index in [9.17, 15) is 18.0 Å². The minimum atomic E-state index is -4.82. The maximum atomic E-state index is 11.7. The van der Waals surface area contributed by atoms with E-state index in [4.69, 9.17) is 5.73 Å². The molecule has 0 aliphatic carbocycles. The summed E-state index contributed by atoms with van der Waals surface area (Å²) in [6, 6.07) is -0.584. The zero-order valence-corrected chi connectivity index (χ0v) is 7.32. The lowest BCUT2D eigenvalue weighted by molar-refractivity contribution is -0.174. The van der Waals surface area contributed by atoms with Crippen molar-refractivity contribution in [2.24, 2.45) is 5.73 Å². The first kappa shape index (κ1) is 12.2. The molecule has 3 nitrogen and oxygen atoms in total. The lowest BCUT2D eigenvalue weighted by Gasteiger charge is -2.16. The Morgan fingerprint density at radius 1 is 1.54 bits per heavy atom. The SMILES string of the molecule is CCCC(CN)NC(=O)C(F)(F)F. The molecule has 78 valence electrons. The topological polar surface area (TPSA) is 55.1 Å². The molecule has 0 radical (unpaired) electrons. The van der Waals surface area contributed by atoms with Crippen molar-refractivity contribution < 1.29 is 18.0 Å². The number of carbonyl (C=O) groups excluding carboxylic acids is 1. The maximum Gasteiger partial charge on any atom is 0.471 e. The van der Waals surface area contributed by atoms with Gasteiger partial charge in [-0.25, -0.2) is 0 Å². The van der Waals surface area contributed by atoms with Gasteiger partial charge >= 0.3 is 12.1 Å². The number of rotatable bonds is 4. The monoisotopic (exact) mass is 198 g/mol. The predicted molar refractivity (Wildman–Crippen MR) is 41.9 cm³/mol. The second-order valence-corrected chi connectivity index (χ2v) is 2.69. The van der Waals surface area contributed by atoms with Crippen LogP contribution in [-0.2, 0) is 4.79 Å². The predicted octanol–water partition coefficient (Wildman–Crippen LogP) is 0.792. The molecule has 0 bridgehead atoms. The fourth-order valence-corrected chi connectivity index (χ4v) is 0.865. The van der Waals surface area contributed by atoms with E-state index in [1.165, 1.54) is 0 Å². The molecule has 0 aromatic heterocycles. The van der Waals surface area contributed by atoms with Crippen LogP contribution in [0.15, 0.2) is 0 Å². The summed E-state index contributed by atoms with van der Waals surface area (Å²) >= 11 is 0. The summed E-state index contributed by atoms with van der Waals surface area (Å²) in [5, 5.41) is 1.82. The molecular weight excluding hydrogens is 185 g/mol. The number of nitrogens with two attached hydrogens (primary N) is 1. The van der Waals surface area contributed by atoms with Gasteiger partial charge in [-0.15, -0.1) is 0 Å². The molecule has 0 saturated heterocycles. The zero-order valence-electron chi connectivity index (χ0n) is 7.32. The van der Waals surface area contributed by atoms with Crippen LogP contribution in [0.4, 0.5) is 13.2 Å². The number of nitrogens with one attached hydrogen (secondary N) is 1. The van der Waals surface area contributed by atoms with E-state index in [0.29, 0.717) is 12.8 Å². The number of halogens is 3. The van der Waals surface area contributed by atoms with Gasteiger partial charge in [-0.05, 0) is 6.42 Å². The third-order valence-corrected chi connectivity index (χ3v) is 1.51. The van der Waals surface area contributed by atoms with E-state index >= 15 is 0 Å². The third-order valence-electron chi connectivity index (χ3n) is 1.51. The van der Waals surface area contributed by atoms with Crippen LogP contribution in [0.2, 0.25) is 0 Å². The van der Waals surface area contributed by atoms with Gasteiger partial charge in [-0.1, -0.05) is 13.3 Å². The quantitative estimate of drug-likeness (QED) is 0.701. The van der Waals surface area contributed by atoms with Gasteiger partial charge in [0, 0.05) is 12.6 Å². The number of alkyl halides is 3. The van der Waals surface area contributed by atoms with Crippen LogP contribution >= 0.6 is 0 Å². The number of amides is 1. The second-order valence-electron chi connectivity index (χ2n) is 2.69. The minimum absolute atomic E-state index is 0.0235. The van der Waals surface area contributed by atoms with Crippen molar-refractivity contribution in [3.05, 3.63) is 0 Å². The summed E-state index contributed by atoms with van der Waals surface area (Å²) in [5.41, 5.74) is 5.17. The number of hydrogen-bond acceptors (Lipinski definition) is 2. The van der Waals surface area contributed by atoms with Gasteiger partial charge in [0.2, 0.25) is 0 Å². The van der Waals surface area contributed by atoms with Crippen LogP contribution in [0.25, 0.3) is 0 Å². The highest BCUT2D eigenvalue weighted by molar-refractivity contribution is 5.81. The van der Waals surface area contributed by atoms with Crippen molar-refractivity contribution >= 4 is 5.91 Å². The molecule has 0 aromatic carbocycles. The van der Waals surface area contributed by atoms with Crippen LogP contribution in [0.1, 0.15) is 19.8 Å². The molecule has 6 heteroatoms. The molecule has 0 fully saturated rings. The van der Waals surface area contributed by atoms with Gasteiger partial charge in [-0.3, -0.25) is 4.79 Å². The zero-order chi connectivity index (χ0) is 10.5. The molecule has 0 aliphatic rings. The van der Waals surface area contributed by atoms with Gasteiger partial charge in [0.25, 0.3) is 0 Å². The summed E-state index contributed by atoms with van der Waals surface area (Å²) in [6.45, 7) is 1.83. The average Bonchev–Trinajstić information content (AvgIpc) is 2.01. The number of carbonyl (C=O) groups is 1. The van der Waals surface area contributed by atoms with Crippen LogP contribution in [-0.4, -0.2) is 24.7 Å². The summed E-state index contributed by atoms with van der Waals surface area (Å²) in [5.74, 6) is -1.92. The van der Waals surface area contributed by atoms with E-state index in [2.05, 4.69) is 0 Å². The van der Waals surface area contributed by atoms with Crippen LogP contribution in [0.5, 0.6) is 0 Å². The fourth-order valence-electron chi connectivity index (χ4n) is 0.865. The van der Waals surface area contributed by atoms with E-state index in [-0.39, 0.29) is 6.54 Å². The summed E-state index contributed by atoms with van der Waals surface area (Å²) < 4.78 is 35.2. The minimum Gasteiger partial charge on any atom is -0.344 e. The fraction of sp³-hybridized carbons (Fsp3) is 0.857. The Morgan fingerprint density at radius 3 is 2.38 bits per heavy atom. The first-order valence-corrected chi connectivity index (χ1v) is 3.99. The van der Waals surface area contributed by atoms with Gasteiger partial charge in [-0.2, -0.15) is 13.2 Å². The Balaban J connectivity index is 4.01. The average molecular weight is 198 g/mol. The van der Waals surface area contributed by atoms with Crippen molar-refractivity contribution in [2.45, 2.75) is 32.0 Å². The number of hydrogen-bond donors (Lipinski definition) is 2. The van der Waals surface area contributed by atoms with Gasteiger partial charge in [0.05, 0.1) is 0 Å². The second kappa shape index (κ2) is 5.06. The smallest absolute Gasteiger partial charge is 0.344 e. The molecule has 3 N–H and O–H groups in total.